The molecule has 0 saturated heterocycles. The largest absolute Gasteiger partial charge is 0.497 e. The molecule has 0 radical (unpaired) electrons. The van der Waals surface area contributed by atoms with Crippen molar-refractivity contribution in [2.75, 3.05) is 18.0 Å². The molecule has 0 bridgehead atoms. The van der Waals surface area contributed by atoms with Crippen molar-refractivity contribution >= 4 is 26.7 Å². The maximum atomic E-state index is 13.2. The lowest BCUT2D eigenvalue weighted by Crippen LogP contribution is -2.39. The van der Waals surface area contributed by atoms with E-state index < -0.39 is 16.1 Å². The summed E-state index contributed by atoms with van der Waals surface area (Å²) in [6.45, 7) is 1.77. The van der Waals surface area contributed by atoms with E-state index in [-0.39, 0.29) is 22.4 Å². The number of nitrogens with zero attached hydrogens (tertiary/aromatic N) is 3. The zero-order valence-electron chi connectivity index (χ0n) is 15.9. The van der Waals surface area contributed by atoms with Gasteiger partial charge in [0, 0.05) is 24.0 Å². The first kappa shape index (κ1) is 21.2. The fourth-order valence-corrected chi connectivity index (χ4v) is 5.03. The summed E-state index contributed by atoms with van der Waals surface area (Å²) < 4.78 is 50.0. The summed E-state index contributed by atoms with van der Waals surface area (Å²) in [6.07, 6.45) is 0.366. The molecule has 1 heterocycles. The van der Waals surface area contributed by atoms with Crippen LogP contribution in [0.2, 0.25) is 0 Å². The number of hydrogen-bond acceptors (Lipinski definition) is 7. The van der Waals surface area contributed by atoms with E-state index in [4.69, 9.17) is 10.5 Å². The Hall–Kier alpha value is -2.56. The van der Waals surface area contributed by atoms with Gasteiger partial charge in [-0.1, -0.05) is 12.1 Å². The van der Waals surface area contributed by atoms with Crippen LogP contribution in [0.4, 0.5) is 9.52 Å². The summed E-state index contributed by atoms with van der Waals surface area (Å²) in [5.41, 5.74) is 6.72. The van der Waals surface area contributed by atoms with Gasteiger partial charge in [0.25, 0.3) is 10.0 Å². The fourth-order valence-electron chi connectivity index (χ4n) is 2.62. The van der Waals surface area contributed by atoms with Crippen LogP contribution >= 0.6 is 11.5 Å². The van der Waals surface area contributed by atoms with Crippen molar-refractivity contribution in [3.8, 4) is 5.75 Å². The average molecular weight is 437 g/mol. The number of rotatable bonds is 8. The summed E-state index contributed by atoms with van der Waals surface area (Å²) >= 11 is 0.983. The van der Waals surface area contributed by atoms with Crippen molar-refractivity contribution in [3.05, 3.63) is 65.7 Å². The molecule has 29 heavy (non-hydrogen) atoms. The van der Waals surface area contributed by atoms with Gasteiger partial charge in [0.1, 0.15) is 17.4 Å². The van der Waals surface area contributed by atoms with Crippen molar-refractivity contribution in [1.82, 2.24) is 9.36 Å². The van der Waals surface area contributed by atoms with Crippen LogP contribution in [-0.4, -0.2) is 37.5 Å². The number of benzene rings is 2. The summed E-state index contributed by atoms with van der Waals surface area (Å²) in [7, 11) is -2.37. The van der Waals surface area contributed by atoms with Crippen LogP contribution in [0.5, 0.6) is 5.75 Å². The summed E-state index contributed by atoms with van der Waals surface area (Å²) in [5.74, 6) is 0.686. The normalized spacial score (nSPS) is 12.6. The Morgan fingerprint density at radius 3 is 2.41 bits per heavy atom. The van der Waals surface area contributed by atoms with Gasteiger partial charge in [-0.05, 0) is 48.9 Å². The Bertz CT molecular complexity index is 1050. The molecule has 10 heteroatoms. The Labute approximate surface area is 173 Å². The summed E-state index contributed by atoms with van der Waals surface area (Å²) in [4.78, 5) is 4.49. The second kappa shape index (κ2) is 8.85. The van der Waals surface area contributed by atoms with Crippen LogP contribution in [0.15, 0.2) is 53.4 Å². The quantitative estimate of drug-likeness (QED) is 0.583. The highest BCUT2D eigenvalue weighted by Crippen LogP contribution is 2.27. The number of nitrogens with two attached hydrogens (primary N) is 1. The van der Waals surface area contributed by atoms with Crippen LogP contribution in [0.3, 0.4) is 0 Å². The molecule has 1 atom stereocenters. The molecule has 0 saturated carbocycles. The van der Waals surface area contributed by atoms with Crippen molar-refractivity contribution in [2.24, 2.45) is 5.73 Å². The second-order valence-corrected chi connectivity index (χ2v) is 9.08. The van der Waals surface area contributed by atoms with Crippen molar-refractivity contribution in [3.63, 3.8) is 0 Å². The Morgan fingerprint density at radius 1 is 1.17 bits per heavy atom. The van der Waals surface area contributed by atoms with E-state index >= 15 is 0 Å². The number of methoxy groups -OCH3 is 1. The van der Waals surface area contributed by atoms with Crippen molar-refractivity contribution in [2.45, 2.75) is 24.3 Å². The average Bonchev–Trinajstić information content (AvgIpc) is 3.15. The molecule has 0 fully saturated rings. The van der Waals surface area contributed by atoms with Gasteiger partial charge in [-0.3, -0.25) is 0 Å². The number of aromatic nitrogens is 2. The lowest BCUT2D eigenvalue weighted by Gasteiger charge is -2.23. The molecule has 2 N–H and O–H groups in total. The van der Waals surface area contributed by atoms with Gasteiger partial charge in [-0.15, -0.1) is 0 Å². The monoisotopic (exact) mass is 436 g/mol. The molecule has 1 aromatic heterocycles. The Kier molecular flexibility index (Phi) is 6.46. The van der Waals surface area contributed by atoms with E-state index in [1.165, 1.54) is 35.7 Å². The maximum Gasteiger partial charge on any atom is 0.266 e. The summed E-state index contributed by atoms with van der Waals surface area (Å²) in [6, 6.07) is 11.7. The molecule has 0 aliphatic rings. The molecule has 0 spiro atoms. The summed E-state index contributed by atoms with van der Waals surface area (Å²) in [5, 5.41) is 0.232. The predicted octanol–water partition coefficient (Wildman–Crippen LogP) is 2.82. The maximum absolute atomic E-state index is 13.2. The number of ether oxygens (including phenoxy) is 1. The van der Waals surface area contributed by atoms with Crippen LogP contribution in [0.25, 0.3) is 0 Å². The highest BCUT2D eigenvalue weighted by molar-refractivity contribution is 7.93. The second-order valence-electron chi connectivity index (χ2n) is 6.49. The van der Waals surface area contributed by atoms with Crippen LogP contribution in [0, 0.1) is 5.82 Å². The zero-order chi connectivity index (χ0) is 21.0. The van der Waals surface area contributed by atoms with E-state index in [2.05, 4.69) is 9.36 Å². The van der Waals surface area contributed by atoms with E-state index in [1.807, 2.05) is 0 Å². The zero-order valence-corrected chi connectivity index (χ0v) is 17.6. The lowest BCUT2D eigenvalue weighted by molar-refractivity contribution is 0.414. The minimum absolute atomic E-state index is 0.0551. The molecule has 0 aliphatic carbocycles. The van der Waals surface area contributed by atoms with Crippen LogP contribution < -0.4 is 14.8 Å². The number of halogens is 1. The molecule has 0 amide bonds. The highest BCUT2D eigenvalue weighted by Gasteiger charge is 2.29. The van der Waals surface area contributed by atoms with Gasteiger partial charge in [0.05, 0.1) is 18.6 Å². The molecular formula is C19H21FN4O3S2. The van der Waals surface area contributed by atoms with E-state index in [0.717, 1.165) is 17.1 Å². The standard InChI is InChI=1S/C19H21FN4O3S2/c1-13(21)12-24(29(25,26)17-9-7-16(27-2)8-10-17)19-22-18(23-28-19)11-14-3-5-15(20)6-4-14/h3-10,13H,11-12,21H2,1-2H3. The molecule has 7 nitrogen and oxygen atoms in total. The SMILES string of the molecule is COc1ccc(S(=O)(=O)N(CC(C)N)c2nc(Cc3ccc(F)cc3)ns2)cc1. The first-order valence-electron chi connectivity index (χ1n) is 8.79. The minimum atomic E-state index is -3.88. The third kappa shape index (κ3) is 5.08. The predicted molar refractivity (Wildman–Crippen MR) is 110 cm³/mol. The molecule has 3 rings (SSSR count). The van der Waals surface area contributed by atoms with E-state index in [1.54, 1.807) is 31.2 Å². The van der Waals surface area contributed by atoms with Crippen molar-refractivity contribution < 1.29 is 17.5 Å². The smallest absolute Gasteiger partial charge is 0.266 e. The van der Waals surface area contributed by atoms with Gasteiger partial charge < -0.3 is 10.5 Å². The molecular weight excluding hydrogens is 415 g/mol. The van der Waals surface area contributed by atoms with E-state index in [0.29, 0.717) is 18.0 Å². The minimum Gasteiger partial charge on any atom is -0.497 e. The van der Waals surface area contributed by atoms with Gasteiger partial charge >= 0.3 is 0 Å². The topological polar surface area (TPSA) is 98.4 Å². The van der Waals surface area contributed by atoms with Crippen molar-refractivity contribution in [1.29, 1.82) is 0 Å². The van der Waals surface area contributed by atoms with Crippen LogP contribution in [-0.2, 0) is 16.4 Å². The molecule has 154 valence electrons. The van der Waals surface area contributed by atoms with Crippen LogP contribution in [0.1, 0.15) is 18.3 Å². The number of sulfonamides is 1. The third-order valence-electron chi connectivity index (χ3n) is 4.05. The Morgan fingerprint density at radius 2 is 1.83 bits per heavy atom. The number of anilines is 1. The lowest BCUT2D eigenvalue weighted by atomic mass is 10.1. The number of hydrogen-bond donors (Lipinski definition) is 1. The molecule has 0 aliphatic heterocycles. The van der Waals surface area contributed by atoms with Gasteiger partial charge in [-0.25, -0.2) is 22.1 Å². The van der Waals surface area contributed by atoms with Gasteiger partial charge in [0.2, 0.25) is 5.13 Å². The molecule has 2 aromatic carbocycles. The van der Waals surface area contributed by atoms with E-state index in [9.17, 15) is 12.8 Å². The van der Waals surface area contributed by atoms with Gasteiger partial charge in [-0.2, -0.15) is 4.37 Å². The molecule has 1 unspecified atom stereocenters. The first-order chi connectivity index (χ1) is 13.8. The highest BCUT2D eigenvalue weighted by atomic mass is 32.2. The first-order valence-corrected chi connectivity index (χ1v) is 11.0. The molecule has 3 aromatic rings. The third-order valence-corrected chi connectivity index (χ3v) is 6.71. The van der Waals surface area contributed by atoms with Gasteiger partial charge in [0.15, 0.2) is 0 Å². The fraction of sp³-hybridized carbons (Fsp3) is 0.263. The Balaban J connectivity index is 1.90.